The smallest absolute Gasteiger partial charge is 0.303 e. The summed E-state index contributed by atoms with van der Waals surface area (Å²) in [6.07, 6.45) is 0.638. The monoisotopic (exact) mass is 260 g/mol. The van der Waals surface area contributed by atoms with Crippen molar-refractivity contribution in [1.82, 2.24) is 0 Å². The van der Waals surface area contributed by atoms with E-state index in [1.807, 2.05) is 0 Å². The van der Waals surface area contributed by atoms with Crippen LogP contribution in [0.3, 0.4) is 0 Å². The normalized spacial score (nSPS) is 10.4. The van der Waals surface area contributed by atoms with Crippen LogP contribution in [-0.4, -0.2) is 18.2 Å². The molecule has 0 saturated heterocycles. The number of halogens is 2. The summed E-state index contributed by atoms with van der Waals surface area (Å²) in [5.74, 6) is -0.986. The summed E-state index contributed by atoms with van der Waals surface area (Å²) in [6, 6.07) is 1.50. The molecular weight excluding hydrogens is 247 g/mol. The Kier molecular flexibility index (Phi) is 4.75. The second kappa shape index (κ2) is 5.87. The quantitative estimate of drug-likeness (QED) is 0.884. The molecule has 0 atom stereocenters. The molecule has 3 nitrogen and oxygen atoms in total. The fourth-order valence-electron chi connectivity index (χ4n) is 1.72. The molecule has 94 valence electrons. The van der Waals surface area contributed by atoms with Crippen molar-refractivity contribution < 1.29 is 19.0 Å². The van der Waals surface area contributed by atoms with Gasteiger partial charge in [0.25, 0.3) is 0 Å². The van der Waals surface area contributed by atoms with Gasteiger partial charge in [0.1, 0.15) is 11.6 Å². The predicted octanol–water partition coefficient (Wildman–Crippen LogP) is 3.20. The van der Waals surface area contributed by atoms with Crippen LogP contribution >= 0.6 is 11.6 Å². The number of carboxylic acid groups (broad SMARTS) is 1. The molecular formula is C12H14ClFO3. The van der Waals surface area contributed by atoms with Gasteiger partial charge in [0, 0.05) is 12.0 Å². The number of ether oxygens (including phenoxy) is 1. The van der Waals surface area contributed by atoms with Crippen LogP contribution in [0.15, 0.2) is 6.07 Å². The van der Waals surface area contributed by atoms with E-state index < -0.39 is 11.8 Å². The first-order valence-electron chi connectivity index (χ1n) is 5.20. The molecule has 0 spiro atoms. The van der Waals surface area contributed by atoms with E-state index in [0.717, 1.165) is 5.56 Å². The molecule has 1 aromatic carbocycles. The van der Waals surface area contributed by atoms with Crippen LogP contribution < -0.4 is 4.74 Å². The molecule has 0 aliphatic rings. The lowest BCUT2D eigenvalue weighted by Gasteiger charge is -2.13. The molecule has 0 amide bonds. The van der Waals surface area contributed by atoms with E-state index in [0.29, 0.717) is 24.2 Å². The second-order valence-electron chi connectivity index (χ2n) is 3.75. The Balaban J connectivity index is 2.99. The van der Waals surface area contributed by atoms with Crippen molar-refractivity contribution >= 4 is 17.6 Å². The van der Waals surface area contributed by atoms with E-state index >= 15 is 0 Å². The molecule has 1 rings (SSSR count). The zero-order valence-corrected chi connectivity index (χ0v) is 10.5. The van der Waals surface area contributed by atoms with Gasteiger partial charge in [0.15, 0.2) is 0 Å². The van der Waals surface area contributed by atoms with Crippen LogP contribution in [0, 0.1) is 12.7 Å². The summed E-state index contributed by atoms with van der Waals surface area (Å²) in [6.45, 7) is 1.77. The lowest BCUT2D eigenvalue weighted by atomic mass is 10.0. The third-order valence-electron chi connectivity index (χ3n) is 2.47. The number of carbonyl (C=O) groups is 1. The molecule has 0 saturated carbocycles. The Labute approximate surface area is 104 Å². The standard InChI is InChI=1S/C12H14ClFO3/c1-7-6-9(13)11(14)8(12(7)17-2)4-3-5-10(15)16/h6H,3-5H2,1-2H3,(H,15,16). The number of hydrogen-bond acceptors (Lipinski definition) is 2. The molecule has 5 heteroatoms. The van der Waals surface area contributed by atoms with Gasteiger partial charge in [-0.25, -0.2) is 4.39 Å². The van der Waals surface area contributed by atoms with Gasteiger partial charge in [-0.3, -0.25) is 4.79 Å². The summed E-state index contributed by atoms with van der Waals surface area (Å²) < 4.78 is 18.9. The van der Waals surface area contributed by atoms with Crippen LogP contribution in [0.4, 0.5) is 4.39 Å². The van der Waals surface area contributed by atoms with Crippen molar-refractivity contribution in [3.05, 3.63) is 28.0 Å². The first kappa shape index (κ1) is 13.8. The Hall–Kier alpha value is -1.29. The van der Waals surface area contributed by atoms with Crippen molar-refractivity contribution in [2.45, 2.75) is 26.2 Å². The van der Waals surface area contributed by atoms with Crippen molar-refractivity contribution in [2.75, 3.05) is 7.11 Å². The third-order valence-corrected chi connectivity index (χ3v) is 2.75. The van der Waals surface area contributed by atoms with E-state index in [9.17, 15) is 9.18 Å². The highest BCUT2D eigenvalue weighted by atomic mass is 35.5. The van der Waals surface area contributed by atoms with Crippen molar-refractivity contribution in [2.24, 2.45) is 0 Å². The summed E-state index contributed by atoms with van der Waals surface area (Å²) in [5, 5.41) is 8.58. The van der Waals surface area contributed by atoms with E-state index in [1.54, 1.807) is 6.92 Å². The Morgan fingerprint density at radius 3 is 2.76 bits per heavy atom. The van der Waals surface area contributed by atoms with Crippen LogP contribution in [0.25, 0.3) is 0 Å². The SMILES string of the molecule is COc1c(C)cc(Cl)c(F)c1CCCC(=O)O. The molecule has 1 aromatic rings. The average molecular weight is 261 g/mol. The number of aliphatic carboxylic acids is 1. The van der Waals surface area contributed by atoms with Gasteiger partial charge in [-0.15, -0.1) is 0 Å². The predicted molar refractivity (Wildman–Crippen MR) is 63.3 cm³/mol. The maximum atomic E-state index is 13.8. The third kappa shape index (κ3) is 3.33. The fraction of sp³-hybridized carbons (Fsp3) is 0.417. The molecule has 0 fully saturated rings. The van der Waals surface area contributed by atoms with Gasteiger partial charge in [-0.2, -0.15) is 0 Å². The van der Waals surface area contributed by atoms with Gasteiger partial charge in [-0.05, 0) is 31.4 Å². The van der Waals surface area contributed by atoms with E-state index in [-0.39, 0.29) is 11.4 Å². The van der Waals surface area contributed by atoms with E-state index in [4.69, 9.17) is 21.4 Å². The highest BCUT2D eigenvalue weighted by molar-refractivity contribution is 6.30. The Bertz CT molecular complexity index is 432. The maximum Gasteiger partial charge on any atom is 0.303 e. The molecule has 0 bridgehead atoms. The number of methoxy groups -OCH3 is 1. The van der Waals surface area contributed by atoms with Crippen molar-refractivity contribution in [3.63, 3.8) is 0 Å². The van der Waals surface area contributed by atoms with Gasteiger partial charge in [0.2, 0.25) is 0 Å². The largest absolute Gasteiger partial charge is 0.496 e. The highest BCUT2D eigenvalue weighted by Gasteiger charge is 2.16. The second-order valence-corrected chi connectivity index (χ2v) is 4.16. The average Bonchev–Trinajstić information content (AvgIpc) is 2.24. The Morgan fingerprint density at radius 2 is 2.24 bits per heavy atom. The minimum Gasteiger partial charge on any atom is -0.496 e. The van der Waals surface area contributed by atoms with Gasteiger partial charge < -0.3 is 9.84 Å². The summed E-state index contributed by atoms with van der Waals surface area (Å²) in [7, 11) is 1.45. The number of carboxylic acids is 1. The summed E-state index contributed by atoms with van der Waals surface area (Å²) >= 11 is 5.74. The van der Waals surface area contributed by atoms with E-state index in [2.05, 4.69) is 0 Å². The number of rotatable bonds is 5. The minimum atomic E-state index is -0.900. The first-order valence-corrected chi connectivity index (χ1v) is 5.58. The van der Waals surface area contributed by atoms with Crippen LogP contribution in [0.5, 0.6) is 5.75 Å². The van der Waals surface area contributed by atoms with Gasteiger partial charge >= 0.3 is 5.97 Å². The molecule has 0 heterocycles. The Morgan fingerprint density at radius 1 is 1.59 bits per heavy atom. The van der Waals surface area contributed by atoms with Crippen molar-refractivity contribution in [3.8, 4) is 5.75 Å². The first-order chi connectivity index (χ1) is 7.97. The summed E-state index contributed by atoms with van der Waals surface area (Å²) in [5.41, 5.74) is 1.09. The fourth-order valence-corrected chi connectivity index (χ4v) is 2.00. The molecule has 0 unspecified atom stereocenters. The molecule has 1 N–H and O–H groups in total. The lowest BCUT2D eigenvalue weighted by molar-refractivity contribution is -0.137. The van der Waals surface area contributed by atoms with Crippen LogP contribution in [0.2, 0.25) is 5.02 Å². The molecule has 17 heavy (non-hydrogen) atoms. The molecule has 0 radical (unpaired) electrons. The summed E-state index contributed by atoms with van der Waals surface area (Å²) in [4.78, 5) is 10.4. The van der Waals surface area contributed by atoms with Crippen molar-refractivity contribution in [1.29, 1.82) is 0 Å². The number of hydrogen-bond donors (Lipinski definition) is 1. The minimum absolute atomic E-state index is 0.00580. The number of aryl methyl sites for hydroxylation is 1. The van der Waals surface area contributed by atoms with Crippen LogP contribution in [-0.2, 0) is 11.2 Å². The lowest BCUT2D eigenvalue weighted by Crippen LogP contribution is -2.02. The zero-order chi connectivity index (χ0) is 13.0. The van der Waals surface area contributed by atoms with E-state index in [1.165, 1.54) is 13.2 Å². The molecule has 0 aliphatic carbocycles. The molecule has 0 aromatic heterocycles. The maximum absolute atomic E-state index is 13.8. The zero-order valence-electron chi connectivity index (χ0n) is 9.72. The van der Waals surface area contributed by atoms with Crippen LogP contribution in [0.1, 0.15) is 24.0 Å². The van der Waals surface area contributed by atoms with Gasteiger partial charge in [-0.1, -0.05) is 11.6 Å². The topological polar surface area (TPSA) is 46.5 Å². The molecule has 0 aliphatic heterocycles. The van der Waals surface area contributed by atoms with Gasteiger partial charge in [0.05, 0.1) is 12.1 Å². The number of benzene rings is 1. The highest BCUT2D eigenvalue weighted by Crippen LogP contribution is 2.32.